The first kappa shape index (κ1) is 27.3. The maximum atomic E-state index is 6.72. The normalized spacial score (nSPS) is 21.0. The van der Waals surface area contributed by atoms with Gasteiger partial charge in [0, 0.05) is 0 Å². The van der Waals surface area contributed by atoms with Crippen molar-refractivity contribution in [3.8, 4) is 5.75 Å². The molecule has 0 saturated carbocycles. The molecule has 1 heteroatoms. The van der Waals surface area contributed by atoms with Crippen LogP contribution in [0.1, 0.15) is 133 Å². The second-order valence-corrected chi connectivity index (χ2v) is 11.8. The summed E-state index contributed by atoms with van der Waals surface area (Å²) in [4.78, 5) is 0. The molecule has 0 aromatic heterocycles. The molecule has 1 aromatic rings. The van der Waals surface area contributed by atoms with Crippen LogP contribution in [-0.4, -0.2) is 5.60 Å². The molecule has 0 bridgehead atoms. The number of ether oxygens (including phenoxy) is 1. The highest BCUT2D eigenvalue weighted by Crippen LogP contribution is 2.42. The fraction of sp³-hybridized carbons (Fsp3) is 0.806. The van der Waals surface area contributed by atoms with Crippen LogP contribution in [0.25, 0.3) is 0 Å². The van der Waals surface area contributed by atoms with Crippen molar-refractivity contribution < 1.29 is 4.74 Å². The Balaban J connectivity index is 1.71. The molecular weight excluding hydrogens is 388 g/mol. The van der Waals surface area contributed by atoms with Gasteiger partial charge < -0.3 is 4.74 Å². The summed E-state index contributed by atoms with van der Waals surface area (Å²) in [5.41, 5.74) is 7.15. The fourth-order valence-electron chi connectivity index (χ4n) is 5.60. The fourth-order valence-corrected chi connectivity index (χ4v) is 5.60. The van der Waals surface area contributed by atoms with Gasteiger partial charge in [0.25, 0.3) is 0 Å². The van der Waals surface area contributed by atoms with E-state index in [4.69, 9.17) is 4.74 Å². The van der Waals surface area contributed by atoms with Crippen LogP contribution >= 0.6 is 0 Å². The minimum Gasteiger partial charge on any atom is -0.487 e. The SMILES string of the molecule is CCC(C)CCCC(C)CCCC(C)CCCC1(C)CCc2c(C)c(C)c(C)c(C)c2O1. The van der Waals surface area contributed by atoms with Crippen LogP contribution in [0, 0.1) is 45.4 Å². The highest BCUT2D eigenvalue weighted by Gasteiger charge is 2.33. The first-order chi connectivity index (χ1) is 15.1. The number of hydrogen-bond acceptors (Lipinski definition) is 1. The molecule has 0 saturated heterocycles. The predicted molar refractivity (Wildman–Crippen MR) is 142 cm³/mol. The molecule has 0 amide bonds. The smallest absolute Gasteiger partial charge is 0.126 e. The summed E-state index contributed by atoms with van der Waals surface area (Å²) < 4.78 is 6.72. The van der Waals surface area contributed by atoms with Crippen LogP contribution in [0.15, 0.2) is 0 Å². The number of rotatable bonds is 13. The van der Waals surface area contributed by atoms with Crippen LogP contribution in [0.2, 0.25) is 0 Å². The summed E-state index contributed by atoms with van der Waals surface area (Å²) in [6.07, 6.45) is 16.0. The molecular formula is C31H54O. The van der Waals surface area contributed by atoms with Crippen molar-refractivity contribution in [3.05, 3.63) is 27.8 Å². The van der Waals surface area contributed by atoms with Gasteiger partial charge in [-0.3, -0.25) is 0 Å². The van der Waals surface area contributed by atoms with E-state index in [1.54, 1.807) is 0 Å². The van der Waals surface area contributed by atoms with E-state index in [1.165, 1.54) is 104 Å². The van der Waals surface area contributed by atoms with Crippen molar-refractivity contribution in [2.75, 3.05) is 0 Å². The maximum Gasteiger partial charge on any atom is 0.126 e. The minimum absolute atomic E-state index is 0.00968. The average Bonchev–Trinajstić information content (AvgIpc) is 2.75. The standard InChI is InChI=1S/C31H54O/c1-10-22(2)14-11-15-23(3)16-12-17-24(4)18-13-20-31(9)21-19-29-27(7)25(5)26(6)28(8)30(29)32-31/h22-24H,10-21H2,1-9H3. The zero-order valence-electron chi connectivity index (χ0n) is 23.1. The zero-order chi connectivity index (χ0) is 23.9. The molecule has 4 unspecified atom stereocenters. The highest BCUT2D eigenvalue weighted by molar-refractivity contribution is 5.55. The van der Waals surface area contributed by atoms with Crippen LogP contribution in [0.3, 0.4) is 0 Å². The molecule has 0 spiro atoms. The van der Waals surface area contributed by atoms with Crippen molar-refractivity contribution in [2.24, 2.45) is 17.8 Å². The van der Waals surface area contributed by atoms with Crippen molar-refractivity contribution in [1.82, 2.24) is 0 Å². The number of fused-ring (bicyclic) bond motifs is 1. The summed E-state index contributed by atoms with van der Waals surface area (Å²) in [5.74, 6) is 3.86. The van der Waals surface area contributed by atoms with E-state index in [2.05, 4.69) is 62.3 Å². The molecule has 4 atom stereocenters. The summed E-state index contributed by atoms with van der Waals surface area (Å²) in [7, 11) is 0. The molecule has 1 aliphatic heterocycles. The highest BCUT2D eigenvalue weighted by atomic mass is 16.5. The number of hydrogen-bond donors (Lipinski definition) is 0. The van der Waals surface area contributed by atoms with Gasteiger partial charge in [-0.1, -0.05) is 79.1 Å². The zero-order valence-corrected chi connectivity index (χ0v) is 23.1. The Morgan fingerprint density at radius 2 is 1.22 bits per heavy atom. The summed E-state index contributed by atoms with van der Waals surface area (Å²) in [5, 5.41) is 0. The molecule has 2 rings (SSSR count). The Kier molecular flexibility index (Phi) is 10.6. The average molecular weight is 443 g/mol. The lowest BCUT2D eigenvalue weighted by molar-refractivity contribution is 0.0513. The van der Waals surface area contributed by atoms with E-state index < -0.39 is 0 Å². The third-order valence-electron chi connectivity index (χ3n) is 8.89. The second-order valence-electron chi connectivity index (χ2n) is 11.8. The van der Waals surface area contributed by atoms with E-state index in [0.29, 0.717) is 0 Å². The van der Waals surface area contributed by atoms with Gasteiger partial charge in [0.1, 0.15) is 11.4 Å². The third-order valence-corrected chi connectivity index (χ3v) is 8.89. The minimum atomic E-state index is 0.00968. The monoisotopic (exact) mass is 442 g/mol. The van der Waals surface area contributed by atoms with E-state index >= 15 is 0 Å². The molecule has 0 fully saturated rings. The Bertz CT molecular complexity index is 718. The van der Waals surface area contributed by atoms with Gasteiger partial charge in [0.15, 0.2) is 0 Å². The van der Waals surface area contributed by atoms with Crippen LogP contribution in [0.4, 0.5) is 0 Å². The van der Waals surface area contributed by atoms with Gasteiger partial charge in [-0.25, -0.2) is 0 Å². The molecule has 1 nitrogen and oxygen atoms in total. The van der Waals surface area contributed by atoms with Crippen molar-refractivity contribution in [2.45, 2.75) is 145 Å². The molecule has 1 aromatic carbocycles. The molecule has 184 valence electrons. The topological polar surface area (TPSA) is 9.23 Å². The van der Waals surface area contributed by atoms with E-state index in [1.807, 2.05) is 0 Å². The molecule has 32 heavy (non-hydrogen) atoms. The molecule has 0 aliphatic carbocycles. The lowest BCUT2D eigenvalue weighted by Gasteiger charge is -2.38. The van der Waals surface area contributed by atoms with Crippen LogP contribution < -0.4 is 4.74 Å². The van der Waals surface area contributed by atoms with Crippen molar-refractivity contribution in [3.63, 3.8) is 0 Å². The maximum absolute atomic E-state index is 6.72. The summed E-state index contributed by atoms with van der Waals surface area (Å²) in [6, 6.07) is 0. The van der Waals surface area contributed by atoms with E-state index in [-0.39, 0.29) is 5.60 Å². The first-order valence-electron chi connectivity index (χ1n) is 13.9. The molecule has 0 N–H and O–H groups in total. The Hall–Kier alpha value is -0.980. The summed E-state index contributed by atoms with van der Waals surface area (Å²) >= 11 is 0. The van der Waals surface area contributed by atoms with Gasteiger partial charge in [0.05, 0.1) is 0 Å². The molecule has 0 radical (unpaired) electrons. The summed E-state index contributed by atoms with van der Waals surface area (Å²) in [6.45, 7) is 21.0. The number of benzene rings is 1. The first-order valence-corrected chi connectivity index (χ1v) is 13.9. The second kappa shape index (κ2) is 12.5. The van der Waals surface area contributed by atoms with E-state index in [9.17, 15) is 0 Å². The third kappa shape index (κ3) is 7.53. The Labute approximate surface area is 201 Å². The van der Waals surface area contributed by atoms with Gasteiger partial charge in [-0.2, -0.15) is 0 Å². The van der Waals surface area contributed by atoms with Crippen molar-refractivity contribution >= 4 is 0 Å². The largest absolute Gasteiger partial charge is 0.487 e. The quantitative estimate of drug-likeness (QED) is 0.295. The molecule has 1 aliphatic rings. The molecule has 1 heterocycles. The van der Waals surface area contributed by atoms with Gasteiger partial charge in [0.2, 0.25) is 0 Å². The Morgan fingerprint density at radius 3 is 1.78 bits per heavy atom. The van der Waals surface area contributed by atoms with Gasteiger partial charge in [-0.15, -0.1) is 0 Å². The van der Waals surface area contributed by atoms with Gasteiger partial charge in [-0.05, 0) is 106 Å². The predicted octanol–water partition coefficient (Wildman–Crippen LogP) is 9.83. The van der Waals surface area contributed by atoms with Crippen LogP contribution in [-0.2, 0) is 6.42 Å². The lowest BCUT2D eigenvalue weighted by Crippen LogP contribution is -2.37. The van der Waals surface area contributed by atoms with Crippen molar-refractivity contribution in [1.29, 1.82) is 0 Å². The Morgan fingerprint density at radius 1 is 0.719 bits per heavy atom. The lowest BCUT2D eigenvalue weighted by atomic mass is 9.83. The van der Waals surface area contributed by atoms with E-state index in [0.717, 1.165) is 24.2 Å². The van der Waals surface area contributed by atoms with Crippen LogP contribution in [0.5, 0.6) is 5.75 Å². The van der Waals surface area contributed by atoms with Gasteiger partial charge >= 0.3 is 0 Å².